The van der Waals surface area contributed by atoms with Gasteiger partial charge in [-0.1, -0.05) is 79.2 Å². The van der Waals surface area contributed by atoms with E-state index in [2.05, 4.69) is 32.8 Å². The van der Waals surface area contributed by atoms with E-state index < -0.39 is 6.03 Å². The maximum absolute atomic E-state index is 13.6. The third-order valence-electron chi connectivity index (χ3n) is 10.6. The standard InChI is InChI=1S/C47H45N7O5/c1-30-13-15-36(16-14-30)54-44(29-41(53-54)32-9-5-4-6-10-32)51-47(56)50-40-17-18-43(39-12-8-7-11-38(39)40)59-45-19-22-48-46(52-45)49-35-25-34(26-37(28-35)57-3)42(55)27-33-21-24-58-23-20-31(33)2/h4-19,22,25-26,28-29,31,33H,20-21,23-24,27H2,1-3H3,(H,48,49,52)(H2,50,51,56). The Kier molecular flexibility index (Phi) is 11.6. The Balaban J connectivity index is 0.988. The highest BCUT2D eigenvalue weighted by atomic mass is 16.5. The summed E-state index contributed by atoms with van der Waals surface area (Å²) in [5, 5.41) is 15.6. The molecule has 1 aliphatic rings. The first kappa shape index (κ1) is 38.8. The molecule has 1 fully saturated rings. The van der Waals surface area contributed by atoms with Crippen LogP contribution in [0.1, 0.15) is 42.1 Å². The molecule has 8 rings (SSSR count). The normalized spacial score (nSPS) is 15.2. The van der Waals surface area contributed by atoms with Crippen molar-refractivity contribution in [1.82, 2.24) is 19.7 Å². The van der Waals surface area contributed by atoms with Crippen LogP contribution >= 0.6 is 0 Å². The zero-order valence-corrected chi connectivity index (χ0v) is 33.1. The SMILES string of the molecule is COc1cc(Nc2nccc(Oc3ccc(NC(=O)Nc4cc(-c5ccccc5)nn4-c4ccc(C)cc4)c4ccccc34)n2)cc(C(=O)CC2CCOCCC2C)c1. The number of amides is 2. The Morgan fingerprint density at radius 3 is 2.44 bits per heavy atom. The Bertz CT molecular complexity index is 2590. The van der Waals surface area contributed by atoms with E-state index in [0.717, 1.165) is 52.7 Å². The van der Waals surface area contributed by atoms with E-state index in [1.54, 1.807) is 54.4 Å². The molecular formula is C47H45N7O5. The molecule has 2 aromatic heterocycles. The molecule has 298 valence electrons. The highest BCUT2D eigenvalue weighted by Crippen LogP contribution is 2.35. The zero-order valence-electron chi connectivity index (χ0n) is 33.1. The Morgan fingerprint density at radius 1 is 0.847 bits per heavy atom. The molecule has 0 aliphatic carbocycles. The molecule has 3 N–H and O–H groups in total. The van der Waals surface area contributed by atoms with E-state index in [9.17, 15) is 9.59 Å². The summed E-state index contributed by atoms with van der Waals surface area (Å²) >= 11 is 0. The molecule has 7 aromatic rings. The second-order valence-electron chi connectivity index (χ2n) is 14.7. The number of Topliss-reactive ketones (excluding diaryl/α,β-unsaturated/α-hetero) is 1. The topological polar surface area (TPSA) is 142 Å². The Labute approximate surface area is 342 Å². The fraction of sp³-hybridized carbons (Fsp3) is 0.213. The van der Waals surface area contributed by atoms with Crippen LogP contribution in [0.2, 0.25) is 0 Å². The van der Waals surface area contributed by atoms with E-state index in [1.807, 2.05) is 91.9 Å². The fourth-order valence-corrected chi connectivity index (χ4v) is 7.28. The van der Waals surface area contributed by atoms with Gasteiger partial charge in [-0.2, -0.15) is 10.1 Å². The van der Waals surface area contributed by atoms with Gasteiger partial charge in [0.1, 0.15) is 17.3 Å². The average Bonchev–Trinajstić information content (AvgIpc) is 3.56. The third kappa shape index (κ3) is 9.24. The summed E-state index contributed by atoms with van der Waals surface area (Å²) in [7, 11) is 1.57. The molecule has 0 saturated carbocycles. The minimum Gasteiger partial charge on any atom is -0.497 e. The number of ether oxygens (including phenoxy) is 3. The van der Waals surface area contributed by atoms with Gasteiger partial charge in [-0.25, -0.2) is 14.5 Å². The van der Waals surface area contributed by atoms with Crippen molar-refractivity contribution >= 4 is 45.7 Å². The van der Waals surface area contributed by atoms with Gasteiger partial charge in [-0.3, -0.25) is 10.1 Å². The number of aryl methyl sites for hydroxylation is 1. The lowest BCUT2D eigenvalue weighted by atomic mass is 9.84. The van der Waals surface area contributed by atoms with Crippen molar-refractivity contribution in [1.29, 1.82) is 0 Å². The number of ketones is 1. The lowest BCUT2D eigenvalue weighted by Crippen LogP contribution is -2.21. The predicted octanol–water partition coefficient (Wildman–Crippen LogP) is 10.6. The van der Waals surface area contributed by atoms with Crippen LogP contribution in [0.15, 0.2) is 128 Å². The van der Waals surface area contributed by atoms with Crippen LogP contribution in [0.5, 0.6) is 17.4 Å². The van der Waals surface area contributed by atoms with Gasteiger partial charge in [0.05, 0.1) is 24.2 Å². The average molecular weight is 788 g/mol. The summed E-state index contributed by atoms with van der Waals surface area (Å²) in [6, 6.07) is 37.5. The number of carbonyl (C=O) groups is 2. The molecule has 2 amide bonds. The molecular weight excluding hydrogens is 743 g/mol. The van der Waals surface area contributed by atoms with Crippen molar-refractivity contribution in [3.8, 4) is 34.3 Å². The molecule has 3 heterocycles. The summed E-state index contributed by atoms with van der Waals surface area (Å²) in [6.07, 6.45) is 3.86. The number of methoxy groups -OCH3 is 1. The van der Waals surface area contributed by atoms with Gasteiger partial charge in [0.15, 0.2) is 5.78 Å². The first-order valence-corrected chi connectivity index (χ1v) is 19.7. The van der Waals surface area contributed by atoms with Gasteiger partial charge in [0.25, 0.3) is 0 Å². The molecule has 0 spiro atoms. The van der Waals surface area contributed by atoms with E-state index in [0.29, 0.717) is 59.1 Å². The van der Waals surface area contributed by atoms with Crippen molar-refractivity contribution < 1.29 is 23.8 Å². The van der Waals surface area contributed by atoms with Gasteiger partial charge in [0.2, 0.25) is 11.8 Å². The molecule has 2 unspecified atom stereocenters. The summed E-state index contributed by atoms with van der Waals surface area (Å²) in [4.78, 5) is 36.2. The molecule has 12 nitrogen and oxygen atoms in total. The summed E-state index contributed by atoms with van der Waals surface area (Å²) in [5.41, 5.74) is 5.35. The second kappa shape index (κ2) is 17.6. The minimum absolute atomic E-state index is 0.0528. The highest BCUT2D eigenvalue weighted by Gasteiger charge is 2.24. The third-order valence-corrected chi connectivity index (χ3v) is 10.6. The maximum Gasteiger partial charge on any atom is 0.324 e. The number of benzene rings is 5. The van der Waals surface area contributed by atoms with Crippen LogP contribution in [0.3, 0.4) is 0 Å². The fourth-order valence-electron chi connectivity index (χ4n) is 7.28. The van der Waals surface area contributed by atoms with E-state index >= 15 is 0 Å². The van der Waals surface area contributed by atoms with Gasteiger partial charge >= 0.3 is 6.03 Å². The number of nitrogens with one attached hydrogen (secondary N) is 3. The van der Waals surface area contributed by atoms with Crippen LogP contribution in [-0.4, -0.2) is 51.9 Å². The quantitative estimate of drug-likeness (QED) is 0.103. The smallest absolute Gasteiger partial charge is 0.324 e. The van der Waals surface area contributed by atoms with Crippen LogP contribution in [0.4, 0.5) is 27.9 Å². The summed E-state index contributed by atoms with van der Waals surface area (Å²) in [5.74, 6) is 2.90. The first-order valence-electron chi connectivity index (χ1n) is 19.7. The van der Waals surface area contributed by atoms with Crippen molar-refractivity contribution in [2.24, 2.45) is 11.8 Å². The van der Waals surface area contributed by atoms with Gasteiger partial charge < -0.3 is 24.8 Å². The van der Waals surface area contributed by atoms with Gasteiger partial charge in [0, 0.05) is 71.6 Å². The van der Waals surface area contributed by atoms with E-state index in [4.69, 9.17) is 19.3 Å². The minimum atomic E-state index is -0.431. The molecule has 2 atom stereocenters. The van der Waals surface area contributed by atoms with E-state index in [-0.39, 0.29) is 17.6 Å². The highest BCUT2D eigenvalue weighted by molar-refractivity contribution is 6.07. The number of rotatable bonds is 12. The molecule has 5 aromatic carbocycles. The van der Waals surface area contributed by atoms with Crippen LogP contribution in [0.25, 0.3) is 27.7 Å². The number of anilines is 4. The van der Waals surface area contributed by atoms with Gasteiger partial charge in [-0.05, 0) is 68.0 Å². The Morgan fingerprint density at radius 2 is 1.63 bits per heavy atom. The number of urea groups is 1. The van der Waals surface area contributed by atoms with Crippen molar-refractivity contribution in [3.05, 3.63) is 139 Å². The first-order chi connectivity index (χ1) is 28.8. The molecule has 0 radical (unpaired) electrons. The predicted molar refractivity (Wildman–Crippen MR) is 230 cm³/mol. The number of nitrogens with zero attached hydrogens (tertiary/aromatic N) is 4. The molecule has 1 aliphatic heterocycles. The number of aromatic nitrogens is 4. The Hall–Kier alpha value is -7.05. The van der Waals surface area contributed by atoms with Crippen LogP contribution in [0, 0.1) is 18.8 Å². The lowest BCUT2D eigenvalue weighted by molar-refractivity contribution is 0.0940. The zero-order chi connectivity index (χ0) is 40.7. The van der Waals surface area contributed by atoms with E-state index in [1.165, 1.54) is 0 Å². The largest absolute Gasteiger partial charge is 0.497 e. The number of fused-ring (bicyclic) bond motifs is 1. The lowest BCUT2D eigenvalue weighted by Gasteiger charge is -2.20. The van der Waals surface area contributed by atoms with Crippen LogP contribution in [-0.2, 0) is 4.74 Å². The van der Waals surface area contributed by atoms with Crippen molar-refractivity contribution in [2.45, 2.75) is 33.1 Å². The second-order valence-corrected chi connectivity index (χ2v) is 14.7. The van der Waals surface area contributed by atoms with Gasteiger partial charge in [-0.15, -0.1) is 0 Å². The molecule has 59 heavy (non-hydrogen) atoms. The maximum atomic E-state index is 13.6. The monoisotopic (exact) mass is 787 g/mol. The molecule has 0 bridgehead atoms. The molecule has 12 heteroatoms. The van der Waals surface area contributed by atoms with Crippen molar-refractivity contribution in [3.63, 3.8) is 0 Å². The van der Waals surface area contributed by atoms with Crippen molar-refractivity contribution in [2.75, 3.05) is 36.3 Å². The number of hydrogen-bond acceptors (Lipinski definition) is 9. The van der Waals surface area contributed by atoms with Crippen LogP contribution < -0.4 is 25.4 Å². The molecule has 1 saturated heterocycles. The number of hydrogen-bond donors (Lipinski definition) is 3. The summed E-state index contributed by atoms with van der Waals surface area (Å²) in [6.45, 7) is 5.63. The number of carbonyl (C=O) groups excluding carboxylic acids is 2. The summed E-state index contributed by atoms with van der Waals surface area (Å²) < 4.78 is 19.3.